The van der Waals surface area contributed by atoms with E-state index in [1.165, 1.54) is 26.2 Å². The normalized spacial score (nSPS) is 11.1. The van der Waals surface area contributed by atoms with Crippen LogP contribution in [0.1, 0.15) is 24.2 Å². The molecule has 0 saturated heterocycles. The number of rotatable bonds is 3. The SMILES string of the molecule is COC(=O)C(OC(C)=O)c1ccc(C#N)cc1. The van der Waals surface area contributed by atoms with Gasteiger partial charge in [-0.2, -0.15) is 5.26 Å². The van der Waals surface area contributed by atoms with Crippen LogP contribution in [0.15, 0.2) is 24.3 Å². The van der Waals surface area contributed by atoms with Crippen molar-refractivity contribution in [3.8, 4) is 6.07 Å². The molecule has 0 fully saturated rings. The Morgan fingerprint density at radius 1 is 1.29 bits per heavy atom. The van der Waals surface area contributed by atoms with Crippen LogP contribution in [0.25, 0.3) is 0 Å². The van der Waals surface area contributed by atoms with Gasteiger partial charge in [0.25, 0.3) is 0 Å². The summed E-state index contributed by atoms with van der Waals surface area (Å²) in [5.41, 5.74) is 0.922. The topological polar surface area (TPSA) is 76.4 Å². The summed E-state index contributed by atoms with van der Waals surface area (Å²) in [7, 11) is 1.21. The molecule has 5 heteroatoms. The van der Waals surface area contributed by atoms with Crippen molar-refractivity contribution in [3.05, 3.63) is 35.4 Å². The lowest BCUT2D eigenvalue weighted by Gasteiger charge is -2.14. The molecule has 1 unspecified atom stereocenters. The lowest BCUT2D eigenvalue weighted by Crippen LogP contribution is -2.19. The van der Waals surface area contributed by atoms with Gasteiger partial charge in [0.2, 0.25) is 6.10 Å². The highest BCUT2D eigenvalue weighted by atomic mass is 16.6. The smallest absolute Gasteiger partial charge is 0.351 e. The van der Waals surface area contributed by atoms with E-state index in [0.29, 0.717) is 11.1 Å². The van der Waals surface area contributed by atoms with Crippen molar-refractivity contribution in [1.82, 2.24) is 0 Å². The zero-order chi connectivity index (χ0) is 12.8. The number of benzene rings is 1. The molecule has 0 heterocycles. The van der Waals surface area contributed by atoms with Crippen LogP contribution < -0.4 is 0 Å². The van der Waals surface area contributed by atoms with Gasteiger partial charge in [-0.3, -0.25) is 4.79 Å². The minimum absolute atomic E-state index is 0.459. The fourth-order valence-electron chi connectivity index (χ4n) is 1.26. The largest absolute Gasteiger partial charge is 0.466 e. The molecule has 0 aliphatic rings. The van der Waals surface area contributed by atoms with E-state index in [9.17, 15) is 9.59 Å². The van der Waals surface area contributed by atoms with Gasteiger partial charge in [0.05, 0.1) is 18.7 Å². The number of carbonyl (C=O) groups is 2. The molecule has 1 rings (SSSR count). The molecular formula is C12H11NO4. The monoisotopic (exact) mass is 233 g/mol. The van der Waals surface area contributed by atoms with E-state index in [0.717, 1.165) is 0 Å². The van der Waals surface area contributed by atoms with Crippen molar-refractivity contribution in [2.45, 2.75) is 13.0 Å². The Hall–Kier alpha value is -2.35. The average molecular weight is 233 g/mol. The van der Waals surface area contributed by atoms with Crippen LogP contribution in [0.4, 0.5) is 0 Å². The summed E-state index contributed by atoms with van der Waals surface area (Å²) >= 11 is 0. The van der Waals surface area contributed by atoms with E-state index in [1.54, 1.807) is 12.1 Å². The van der Waals surface area contributed by atoms with Crippen molar-refractivity contribution in [2.24, 2.45) is 0 Å². The Morgan fingerprint density at radius 2 is 1.88 bits per heavy atom. The van der Waals surface area contributed by atoms with Gasteiger partial charge in [-0.05, 0) is 12.1 Å². The number of methoxy groups -OCH3 is 1. The molecule has 0 amide bonds. The van der Waals surface area contributed by atoms with Gasteiger partial charge in [-0.1, -0.05) is 12.1 Å². The van der Waals surface area contributed by atoms with Gasteiger partial charge in [-0.15, -0.1) is 0 Å². The zero-order valence-corrected chi connectivity index (χ0v) is 9.47. The van der Waals surface area contributed by atoms with Gasteiger partial charge in [-0.25, -0.2) is 4.79 Å². The molecule has 0 spiro atoms. The first-order valence-corrected chi connectivity index (χ1v) is 4.83. The van der Waals surface area contributed by atoms with Crippen molar-refractivity contribution in [1.29, 1.82) is 5.26 Å². The predicted octanol–water partition coefficient (Wildman–Crippen LogP) is 1.34. The summed E-state index contributed by atoms with van der Waals surface area (Å²) < 4.78 is 9.41. The van der Waals surface area contributed by atoms with Crippen molar-refractivity contribution < 1.29 is 19.1 Å². The number of ether oxygens (including phenoxy) is 2. The molecule has 0 aliphatic heterocycles. The van der Waals surface area contributed by atoms with Gasteiger partial charge in [0, 0.05) is 12.5 Å². The summed E-state index contributed by atoms with van der Waals surface area (Å²) in [5.74, 6) is -1.24. The summed E-state index contributed by atoms with van der Waals surface area (Å²) in [4.78, 5) is 22.3. The minimum atomic E-state index is -1.09. The van der Waals surface area contributed by atoms with E-state index in [1.807, 2.05) is 6.07 Å². The molecule has 0 aromatic heterocycles. The molecule has 1 atom stereocenters. The summed E-state index contributed by atoms with van der Waals surface area (Å²) in [6.07, 6.45) is -1.09. The Bertz CT molecular complexity index is 458. The third-order valence-electron chi connectivity index (χ3n) is 2.04. The fraction of sp³-hybridized carbons (Fsp3) is 0.250. The number of nitrogens with zero attached hydrogens (tertiary/aromatic N) is 1. The highest BCUT2D eigenvalue weighted by Gasteiger charge is 2.24. The number of nitriles is 1. The van der Waals surface area contributed by atoms with Crippen molar-refractivity contribution >= 4 is 11.9 Å². The standard InChI is InChI=1S/C12H11NO4/c1-8(14)17-11(12(15)16-2)10-5-3-9(7-13)4-6-10/h3-6,11H,1-2H3. The Balaban J connectivity index is 3.00. The highest BCUT2D eigenvalue weighted by molar-refractivity contribution is 5.80. The minimum Gasteiger partial charge on any atom is -0.466 e. The van der Waals surface area contributed by atoms with Crippen molar-refractivity contribution in [3.63, 3.8) is 0 Å². The van der Waals surface area contributed by atoms with Crippen LogP contribution in [0.3, 0.4) is 0 Å². The molecule has 1 aromatic rings. The molecule has 88 valence electrons. The molecular weight excluding hydrogens is 222 g/mol. The van der Waals surface area contributed by atoms with Crippen LogP contribution in [0, 0.1) is 11.3 Å². The Kier molecular flexibility index (Phi) is 4.23. The van der Waals surface area contributed by atoms with Gasteiger partial charge < -0.3 is 9.47 Å². The number of hydrogen-bond acceptors (Lipinski definition) is 5. The fourth-order valence-corrected chi connectivity index (χ4v) is 1.26. The first-order chi connectivity index (χ1) is 8.08. The number of esters is 2. The molecule has 0 saturated carbocycles. The third-order valence-corrected chi connectivity index (χ3v) is 2.04. The second kappa shape index (κ2) is 5.66. The van der Waals surface area contributed by atoms with Gasteiger partial charge >= 0.3 is 11.9 Å². The maximum Gasteiger partial charge on any atom is 0.351 e. The second-order valence-corrected chi connectivity index (χ2v) is 3.25. The van der Waals surface area contributed by atoms with E-state index in [2.05, 4.69) is 4.74 Å². The molecule has 5 nitrogen and oxygen atoms in total. The summed E-state index contributed by atoms with van der Waals surface area (Å²) in [5, 5.41) is 8.64. The van der Waals surface area contributed by atoms with Gasteiger partial charge in [0.1, 0.15) is 0 Å². The molecule has 17 heavy (non-hydrogen) atoms. The molecule has 1 aromatic carbocycles. The maximum absolute atomic E-state index is 11.4. The molecule has 0 aliphatic carbocycles. The lowest BCUT2D eigenvalue weighted by atomic mass is 10.1. The van der Waals surface area contributed by atoms with Crippen LogP contribution >= 0.6 is 0 Å². The van der Waals surface area contributed by atoms with E-state index < -0.39 is 18.0 Å². The van der Waals surface area contributed by atoms with Crippen LogP contribution in [0.5, 0.6) is 0 Å². The van der Waals surface area contributed by atoms with E-state index >= 15 is 0 Å². The quantitative estimate of drug-likeness (QED) is 0.736. The maximum atomic E-state index is 11.4. The number of hydrogen-bond donors (Lipinski definition) is 0. The predicted molar refractivity (Wildman–Crippen MR) is 57.7 cm³/mol. The average Bonchev–Trinajstić information content (AvgIpc) is 2.35. The highest BCUT2D eigenvalue weighted by Crippen LogP contribution is 2.19. The summed E-state index contributed by atoms with van der Waals surface area (Å²) in [6, 6.07) is 8.12. The Morgan fingerprint density at radius 3 is 2.29 bits per heavy atom. The van der Waals surface area contributed by atoms with E-state index in [4.69, 9.17) is 10.00 Å². The molecule has 0 bridgehead atoms. The Labute approximate surface area is 98.6 Å². The first kappa shape index (κ1) is 12.7. The van der Waals surface area contributed by atoms with Crippen LogP contribution in [0.2, 0.25) is 0 Å². The second-order valence-electron chi connectivity index (χ2n) is 3.25. The summed E-state index contributed by atoms with van der Waals surface area (Å²) in [6.45, 7) is 1.21. The van der Waals surface area contributed by atoms with Crippen molar-refractivity contribution in [2.75, 3.05) is 7.11 Å². The van der Waals surface area contributed by atoms with E-state index in [-0.39, 0.29) is 0 Å². The number of carbonyl (C=O) groups excluding carboxylic acids is 2. The van der Waals surface area contributed by atoms with Crippen LogP contribution in [-0.2, 0) is 19.1 Å². The van der Waals surface area contributed by atoms with Gasteiger partial charge in [0.15, 0.2) is 0 Å². The molecule has 0 radical (unpaired) electrons. The zero-order valence-electron chi connectivity index (χ0n) is 9.47. The third kappa shape index (κ3) is 3.31. The first-order valence-electron chi connectivity index (χ1n) is 4.83. The lowest BCUT2D eigenvalue weighted by molar-refractivity contribution is -0.165. The van der Waals surface area contributed by atoms with Crippen LogP contribution in [-0.4, -0.2) is 19.0 Å². The molecule has 0 N–H and O–H groups in total.